The van der Waals surface area contributed by atoms with E-state index in [1.807, 2.05) is 51.5 Å². The van der Waals surface area contributed by atoms with Crippen LogP contribution in [0, 0.1) is 6.92 Å². The van der Waals surface area contributed by atoms with Crippen LogP contribution >= 0.6 is 0 Å². The number of pyridine rings is 2. The molecule has 1 unspecified atom stereocenters. The first-order chi connectivity index (χ1) is 18.4. The number of likely N-dealkylation sites (N-methyl/N-ethyl adjacent to an activating group) is 1. The maximum Gasteiger partial charge on any atom is 0.259 e. The Morgan fingerprint density at radius 2 is 1.97 bits per heavy atom. The van der Waals surface area contributed by atoms with Crippen molar-refractivity contribution in [3.05, 3.63) is 63.6 Å². The van der Waals surface area contributed by atoms with Crippen LogP contribution in [0.5, 0.6) is 0 Å². The minimum atomic E-state index is -0.214. The van der Waals surface area contributed by atoms with Crippen molar-refractivity contribution in [2.75, 3.05) is 76.9 Å². The van der Waals surface area contributed by atoms with Gasteiger partial charge in [-0.15, -0.1) is 0 Å². The average Bonchev–Trinajstić information content (AvgIpc) is 2.89. The van der Waals surface area contributed by atoms with Crippen LogP contribution in [0.2, 0.25) is 0 Å². The highest BCUT2D eigenvalue weighted by atomic mass is 16.5. The maximum atomic E-state index is 13.7. The van der Waals surface area contributed by atoms with E-state index >= 15 is 0 Å². The Morgan fingerprint density at radius 1 is 1.16 bits per heavy atom. The molecule has 0 radical (unpaired) electrons. The number of hydrogen-bond donors (Lipinski definition) is 2. The highest BCUT2D eigenvalue weighted by Crippen LogP contribution is 2.25. The van der Waals surface area contributed by atoms with Crippen molar-refractivity contribution in [2.45, 2.75) is 19.6 Å². The Hall–Kier alpha value is -3.31. The summed E-state index contributed by atoms with van der Waals surface area (Å²) >= 11 is 0. The molecule has 1 amide bonds. The quantitative estimate of drug-likeness (QED) is 0.488. The minimum absolute atomic E-state index is 0.0371. The number of carbonyl (C=O) groups is 1. The smallest absolute Gasteiger partial charge is 0.259 e. The number of aryl methyl sites for hydroxylation is 1. The predicted molar refractivity (Wildman–Crippen MR) is 148 cm³/mol. The molecule has 4 heterocycles. The fraction of sp³-hybridized carbons (Fsp3) is 0.464. The number of benzene rings is 1. The number of morpholine rings is 2. The number of aromatic amines is 1. The Balaban J connectivity index is 1.44. The normalized spacial score (nSPS) is 18.7. The average molecular weight is 521 g/mol. The second-order valence-corrected chi connectivity index (χ2v) is 10.3. The summed E-state index contributed by atoms with van der Waals surface area (Å²) in [4.78, 5) is 39.8. The molecule has 2 aliphatic heterocycles. The van der Waals surface area contributed by atoms with Crippen LogP contribution in [0.1, 0.15) is 21.5 Å². The van der Waals surface area contributed by atoms with Crippen molar-refractivity contribution in [2.24, 2.45) is 0 Å². The molecule has 202 valence electrons. The summed E-state index contributed by atoms with van der Waals surface area (Å²) in [5.74, 6) is 0.454. The Kier molecular flexibility index (Phi) is 8.04. The van der Waals surface area contributed by atoms with E-state index in [1.165, 1.54) is 0 Å². The van der Waals surface area contributed by atoms with Crippen LogP contribution in [-0.2, 0) is 16.0 Å². The third kappa shape index (κ3) is 6.21. The number of amides is 1. The van der Waals surface area contributed by atoms with E-state index in [9.17, 15) is 9.59 Å². The molecule has 0 bridgehead atoms. The van der Waals surface area contributed by atoms with E-state index in [0.29, 0.717) is 56.5 Å². The second-order valence-electron chi connectivity index (χ2n) is 10.3. The van der Waals surface area contributed by atoms with E-state index in [1.54, 1.807) is 6.07 Å². The first-order valence-corrected chi connectivity index (χ1v) is 13.1. The molecule has 3 aromatic rings. The summed E-state index contributed by atoms with van der Waals surface area (Å²) in [5, 5.41) is 3.97. The van der Waals surface area contributed by atoms with Gasteiger partial charge < -0.3 is 29.6 Å². The van der Waals surface area contributed by atoms with Crippen molar-refractivity contribution in [1.29, 1.82) is 0 Å². The lowest BCUT2D eigenvalue weighted by atomic mass is 10.1. The van der Waals surface area contributed by atoms with Gasteiger partial charge >= 0.3 is 0 Å². The number of nitrogens with zero attached hydrogens (tertiary/aromatic N) is 4. The molecule has 2 N–H and O–H groups in total. The van der Waals surface area contributed by atoms with Gasteiger partial charge in [0.05, 0.1) is 31.5 Å². The van der Waals surface area contributed by atoms with Crippen molar-refractivity contribution in [3.63, 3.8) is 0 Å². The topological polar surface area (TPSA) is 103 Å². The number of ether oxygens (including phenoxy) is 2. The monoisotopic (exact) mass is 520 g/mol. The summed E-state index contributed by atoms with van der Waals surface area (Å²) in [6.07, 6.45) is 1.92. The van der Waals surface area contributed by atoms with Crippen molar-refractivity contribution < 1.29 is 14.3 Å². The van der Waals surface area contributed by atoms with Gasteiger partial charge in [-0.3, -0.25) is 14.5 Å². The summed E-state index contributed by atoms with van der Waals surface area (Å²) < 4.78 is 11.4. The Bertz CT molecular complexity index is 1350. The standard InChI is InChI=1S/C28H36N6O4/c1-19-12-26(35)31-25-5-4-21(14-23(19)25)30-28(36)24-13-20(16-33-6-9-37-10-7-33)15-29-27(24)34-8-11-38-22(18-34)17-32(2)3/h4-5,12-15,22H,6-11,16-18H2,1-3H3,(H,30,36)(H,31,35). The SMILES string of the molecule is Cc1cc(=O)[nH]c2ccc(NC(=O)c3cc(CN4CCOCC4)cnc3N3CCOC(CN(C)C)C3)cc12. The molecule has 38 heavy (non-hydrogen) atoms. The zero-order valence-electron chi connectivity index (χ0n) is 22.3. The molecular formula is C28H36N6O4. The number of rotatable bonds is 7. The molecule has 0 saturated carbocycles. The summed E-state index contributed by atoms with van der Waals surface area (Å²) in [7, 11) is 4.06. The second kappa shape index (κ2) is 11.6. The molecule has 5 rings (SSSR count). The lowest BCUT2D eigenvalue weighted by Gasteiger charge is -2.35. The zero-order chi connectivity index (χ0) is 26.6. The van der Waals surface area contributed by atoms with E-state index in [4.69, 9.17) is 14.5 Å². The van der Waals surface area contributed by atoms with Crippen molar-refractivity contribution in [3.8, 4) is 0 Å². The fourth-order valence-electron chi connectivity index (χ4n) is 5.15. The number of fused-ring (bicyclic) bond motifs is 1. The largest absolute Gasteiger partial charge is 0.379 e. The lowest BCUT2D eigenvalue weighted by Crippen LogP contribution is -2.47. The van der Waals surface area contributed by atoms with Gasteiger partial charge in [-0.25, -0.2) is 4.98 Å². The summed E-state index contributed by atoms with van der Waals surface area (Å²) in [6.45, 7) is 8.47. The first-order valence-electron chi connectivity index (χ1n) is 13.1. The molecule has 2 aliphatic rings. The van der Waals surface area contributed by atoms with Gasteiger partial charge in [-0.2, -0.15) is 0 Å². The number of hydrogen-bond acceptors (Lipinski definition) is 8. The van der Waals surface area contributed by atoms with Gasteiger partial charge in [-0.1, -0.05) is 0 Å². The van der Waals surface area contributed by atoms with Crippen LogP contribution < -0.4 is 15.8 Å². The molecule has 2 fully saturated rings. The number of H-pyrrole nitrogens is 1. The molecule has 0 aliphatic carbocycles. The highest BCUT2D eigenvalue weighted by molar-refractivity contribution is 6.08. The van der Waals surface area contributed by atoms with E-state index in [0.717, 1.165) is 41.7 Å². The number of nitrogens with one attached hydrogen (secondary N) is 2. The van der Waals surface area contributed by atoms with Gasteiger partial charge in [0.1, 0.15) is 5.82 Å². The van der Waals surface area contributed by atoms with Gasteiger partial charge in [-0.05, 0) is 56.4 Å². The molecule has 0 spiro atoms. The first kappa shape index (κ1) is 26.3. The van der Waals surface area contributed by atoms with Crippen LogP contribution in [-0.4, -0.2) is 98.4 Å². The van der Waals surface area contributed by atoms with Crippen LogP contribution in [0.4, 0.5) is 11.5 Å². The van der Waals surface area contributed by atoms with Crippen molar-refractivity contribution >= 4 is 28.3 Å². The molecule has 1 atom stereocenters. The third-order valence-electron chi connectivity index (χ3n) is 6.99. The van der Waals surface area contributed by atoms with Gasteiger partial charge in [0.15, 0.2) is 0 Å². The zero-order valence-corrected chi connectivity index (χ0v) is 22.3. The number of carbonyl (C=O) groups excluding carboxylic acids is 1. The molecule has 10 nitrogen and oxygen atoms in total. The highest BCUT2D eigenvalue weighted by Gasteiger charge is 2.26. The van der Waals surface area contributed by atoms with E-state index in [2.05, 4.69) is 25.0 Å². The molecule has 2 aromatic heterocycles. The van der Waals surface area contributed by atoms with Crippen LogP contribution in [0.3, 0.4) is 0 Å². The molecule has 2 saturated heterocycles. The minimum Gasteiger partial charge on any atom is -0.379 e. The molecule has 10 heteroatoms. The fourth-order valence-corrected chi connectivity index (χ4v) is 5.15. The molecule has 1 aromatic carbocycles. The Morgan fingerprint density at radius 3 is 2.76 bits per heavy atom. The van der Waals surface area contributed by atoms with Crippen LogP contribution in [0.25, 0.3) is 10.9 Å². The lowest BCUT2D eigenvalue weighted by molar-refractivity contribution is 0.0244. The van der Waals surface area contributed by atoms with Gasteiger partial charge in [0, 0.05) is 68.1 Å². The number of anilines is 2. The van der Waals surface area contributed by atoms with E-state index < -0.39 is 0 Å². The van der Waals surface area contributed by atoms with Crippen LogP contribution in [0.15, 0.2) is 41.3 Å². The Labute approximate surface area is 222 Å². The third-order valence-corrected chi connectivity index (χ3v) is 6.99. The van der Waals surface area contributed by atoms with Gasteiger partial charge in [0.25, 0.3) is 5.91 Å². The van der Waals surface area contributed by atoms with Crippen molar-refractivity contribution in [1.82, 2.24) is 19.8 Å². The summed E-state index contributed by atoms with van der Waals surface area (Å²) in [6, 6.07) is 9.05. The van der Waals surface area contributed by atoms with E-state index in [-0.39, 0.29) is 17.6 Å². The maximum absolute atomic E-state index is 13.7. The predicted octanol–water partition coefficient (Wildman–Crippen LogP) is 2.08. The summed E-state index contributed by atoms with van der Waals surface area (Å²) in [5.41, 5.74) is 3.65. The molecular weight excluding hydrogens is 484 g/mol. The van der Waals surface area contributed by atoms with Gasteiger partial charge in [0.2, 0.25) is 5.56 Å². The number of aromatic nitrogens is 2.